The van der Waals surface area contributed by atoms with Gasteiger partial charge in [0.1, 0.15) is 11.6 Å². The van der Waals surface area contributed by atoms with Crippen LogP contribution in [-0.4, -0.2) is 27.3 Å². The molecule has 1 aromatic carbocycles. The zero-order valence-electron chi connectivity index (χ0n) is 18.8. The van der Waals surface area contributed by atoms with Crippen LogP contribution in [0.5, 0.6) is 0 Å². The van der Waals surface area contributed by atoms with Crippen LogP contribution in [0.2, 0.25) is 0 Å². The number of carbonyl (C=O) groups excluding carboxylic acids is 1. The molecule has 0 radical (unpaired) electrons. The van der Waals surface area contributed by atoms with Gasteiger partial charge in [0.2, 0.25) is 0 Å². The van der Waals surface area contributed by atoms with Gasteiger partial charge in [0.25, 0.3) is 5.56 Å². The minimum Gasteiger partial charge on any atom is -0.465 e. The summed E-state index contributed by atoms with van der Waals surface area (Å²) in [5.74, 6) is 3.35. The SMILES string of the molecule is COC(=O)c1ccn2ncc(C)c2c1C#CCC(c1cc(F)ccc1F)c1cccn(C)c1=O. The Balaban J connectivity index is 1.86. The van der Waals surface area contributed by atoms with E-state index >= 15 is 0 Å². The molecule has 0 saturated heterocycles. The van der Waals surface area contributed by atoms with Gasteiger partial charge in [0, 0.05) is 37.3 Å². The lowest BCUT2D eigenvalue weighted by Crippen LogP contribution is -2.23. The number of aromatic nitrogens is 3. The van der Waals surface area contributed by atoms with Gasteiger partial charge in [-0.15, -0.1) is 0 Å². The molecular formula is C26H21F2N3O3. The van der Waals surface area contributed by atoms with Gasteiger partial charge in [-0.1, -0.05) is 17.9 Å². The number of esters is 1. The van der Waals surface area contributed by atoms with Crippen LogP contribution in [0.4, 0.5) is 8.78 Å². The van der Waals surface area contributed by atoms with Crippen molar-refractivity contribution in [2.45, 2.75) is 19.3 Å². The normalized spacial score (nSPS) is 11.7. The van der Waals surface area contributed by atoms with Crippen molar-refractivity contribution in [2.24, 2.45) is 7.05 Å². The third-order valence-electron chi connectivity index (χ3n) is 5.65. The van der Waals surface area contributed by atoms with Crippen molar-refractivity contribution >= 4 is 11.5 Å². The number of ether oxygens (including phenoxy) is 1. The van der Waals surface area contributed by atoms with Crippen LogP contribution in [-0.2, 0) is 11.8 Å². The summed E-state index contributed by atoms with van der Waals surface area (Å²) in [5, 5.41) is 4.25. The highest BCUT2D eigenvalue weighted by Crippen LogP contribution is 2.29. The minimum absolute atomic E-state index is 0.00841. The summed E-state index contributed by atoms with van der Waals surface area (Å²) in [6.45, 7) is 1.84. The Hall–Kier alpha value is -4.25. The standard InChI is InChI=1S/C26H21F2N3O3/c1-16-15-29-31-13-11-21(26(33)34-3)19(24(16)31)7-4-6-18(20-8-5-12-30(2)25(20)32)22-14-17(27)9-10-23(22)28/h5,8-15,18H,6H2,1-3H3. The maximum absolute atomic E-state index is 14.7. The van der Waals surface area contributed by atoms with Crippen molar-refractivity contribution < 1.29 is 18.3 Å². The predicted octanol–water partition coefficient (Wildman–Crippen LogP) is 3.98. The second kappa shape index (κ2) is 9.32. The van der Waals surface area contributed by atoms with Crippen LogP contribution >= 0.6 is 0 Å². The number of methoxy groups -OCH3 is 1. The fourth-order valence-electron chi connectivity index (χ4n) is 3.93. The van der Waals surface area contributed by atoms with Gasteiger partial charge in [0.05, 0.1) is 30.0 Å². The van der Waals surface area contributed by atoms with Gasteiger partial charge in [-0.3, -0.25) is 4.79 Å². The number of aryl methyl sites for hydroxylation is 2. The van der Waals surface area contributed by atoms with Crippen LogP contribution in [0.3, 0.4) is 0 Å². The summed E-state index contributed by atoms with van der Waals surface area (Å²) in [4.78, 5) is 25.2. The smallest absolute Gasteiger partial charge is 0.339 e. The average Bonchev–Trinajstić information content (AvgIpc) is 3.21. The van der Waals surface area contributed by atoms with Gasteiger partial charge < -0.3 is 9.30 Å². The zero-order valence-corrected chi connectivity index (χ0v) is 18.8. The molecule has 6 nitrogen and oxygen atoms in total. The highest BCUT2D eigenvalue weighted by molar-refractivity contribution is 5.95. The van der Waals surface area contributed by atoms with Crippen LogP contribution in [0.1, 0.15) is 45.0 Å². The number of hydrogen-bond donors (Lipinski definition) is 0. The summed E-state index contributed by atoms with van der Waals surface area (Å²) in [6, 6.07) is 7.95. The first kappa shape index (κ1) is 22.9. The number of halogens is 2. The first-order valence-electron chi connectivity index (χ1n) is 10.5. The maximum Gasteiger partial charge on any atom is 0.339 e. The molecule has 4 aromatic rings. The highest BCUT2D eigenvalue weighted by Gasteiger charge is 2.22. The van der Waals surface area contributed by atoms with Crippen LogP contribution in [0, 0.1) is 30.4 Å². The van der Waals surface area contributed by atoms with Crippen LogP contribution in [0.25, 0.3) is 5.52 Å². The van der Waals surface area contributed by atoms with Gasteiger partial charge >= 0.3 is 5.97 Å². The Morgan fingerprint density at radius 2 is 1.97 bits per heavy atom. The number of fused-ring (bicyclic) bond motifs is 1. The average molecular weight is 461 g/mol. The number of pyridine rings is 2. The van der Waals surface area contributed by atoms with Gasteiger partial charge in [0.15, 0.2) is 0 Å². The number of rotatable bonds is 4. The summed E-state index contributed by atoms with van der Waals surface area (Å²) >= 11 is 0. The Morgan fingerprint density at radius 1 is 1.18 bits per heavy atom. The predicted molar refractivity (Wildman–Crippen MR) is 123 cm³/mol. The fourth-order valence-corrected chi connectivity index (χ4v) is 3.93. The van der Waals surface area contributed by atoms with Gasteiger partial charge in [-0.2, -0.15) is 5.10 Å². The lowest BCUT2D eigenvalue weighted by atomic mass is 9.88. The molecule has 8 heteroatoms. The van der Waals surface area contributed by atoms with E-state index in [0.717, 1.165) is 23.8 Å². The molecule has 0 N–H and O–H groups in total. The van der Waals surface area contributed by atoms with Crippen LogP contribution < -0.4 is 5.56 Å². The Morgan fingerprint density at radius 3 is 2.74 bits per heavy atom. The molecule has 172 valence electrons. The Bertz CT molecular complexity index is 1530. The van der Waals surface area contributed by atoms with Gasteiger partial charge in [-0.25, -0.2) is 18.1 Å². The van der Waals surface area contributed by atoms with Crippen molar-refractivity contribution in [1.29, 1.82) is 0 Å². The van der Waals surface area contributed by atoms with Crippen molar-refractivity contribution in [1.82, 2.24) is 14.2 Å². The first-order chi connectivity index (χ1) is 16.3. The molecule has 0 fully saturated rings. The molecule has 3 aromatic heterocycles. The topological polar surface area (TPSA) is 65.6 Å². The van der Waals surface area contributed by atoms with E-state index in [2.05, 4.69) is 16.9 Å². The second-order valence-electron chi connectivity index (χ2n) is 7.82. The molecule has 0 saturated carbocycles. The first-order valence-corrected chi connectivity index (χ1v) is 10.5. The van der Waals surface area contributed by atoms with Crippen molar-refractivity contribution in [3.05, 3.63) is 105 Å². The molecule has 1 unspecified atom stereocenters. The summed E-state index contributed by atoms with van der Waals surface area (Å²) in [6.07, 6.45) is 4.88. The van der Waals surface area contributed by atoms with E-state index < -0.39 is 23.5 Å². The lowest BCUT2D eigenvalue weighted by molar-refractivity contribution is 0.0600. The molecule has 0 amide bonds. The quantitative estimate of drug-likeness (QED) is 0.341. The zero-order chi connectivity index (χ0) is 24.4. The monoisotopic (exact) mass is 461 g/mol. The lowest BCUT2D eigenvalue weighted by Gasteiger charge is -2.16. The highest BCUT2D eigenvalue weighted by atomic mass is 19.1. The van der Waals surface area contributed by atoms with Crippen molar-refractivity contribution in [3.8, 4) is 11.8 Å². The largest absolute Gasteiger partial charge is 0.465 e. The second-order valence-corrected chi connectivity index (χ2v) is 7.82. The number of hydrogen-bond acceptors (Lipinski definition) is 4. The van der Waals surface area contributed by atoms with E-state index in [4.69, 9.17) is 4.74 Å². The van der Waals surface area contributed by atoms with Crippen molar-refractivity contribution in [3.63, 3.8) is 0 Å². The van der Waals surface area contributed by atoms with E-state index in [1.165, 1.54) is 11.7 Å². The van der Waals surface area contributed by atoms with Crippen LogP contribution in [0.15, 0.2) is 59.8 Å². The molecule has 0 spiro atoms. The third-order valence-corrected chi connectivity index (χ3v) is 5.65. The van der Waals surface area contributed by atoms with E-state index in [9.17, 15) is 18.4 Å². The van der Waals surface area contributed by atoms with Gasteiger partial charge in [-0.05, 0) is 48.4 Å². The molecular weight excluding hydrogens is 440 g/mol. The van der Waals surface area contributed by atoms with E-state index in [0.29, 0.717) is 11.1 Å². The summed E-state index contributed by atoms with van der Waals surface area (Å²) in [5.41, 5.74) is 2.10. The number of carbonyl (C=O) groups is 1. The molecule has 0 aliphatic rings. The molecule has 0 bridgehead atoms. The number of nitrogens with zero attached hydrogens (tertiary/aromatic N) is 3. The molecule has 1 atom stereocenters. The Kier molecular flexibility index (Phi) is 6.28. The molecule has 4 rings (SSSR count). The van der Waals surface area contributed by atoms with Crippen molar-refractivity contribution in [2.75, 3.05) is 7.11 Å². The summed E-state index contributed by atoms with van der Waals surface area (Å²) in [7, 11) is 2.86. The molecule has 3 heterocycles. The third kappa shape index (κ3) is 4.20. The fraction of sp³-hybridized carbons (Fsp3) is 0.192. The molecule has 0 aliphatic carbocycles. The molecule has 34 heavy (non-hydrogen) atoms. The number of benzene rings is 1. The van der Waals surface area contributed by atoms with E-state index in [1.807, 2.05) is 6.92 Å². The Labute approximate surface area is 194 Å². The van der Waals surface area contributed by atoms with E-state index in [1.54, 1.807) is 48.4 Å². The molecule has 0 aliphatic heterocycles. The van der Waals surface area contributed by atoms with E-state index in [-0.39, 0.29) is 28.7 Å². The summed E-state index contributed by atoms with van der Waals surface area (Å²) < 4.78 is 36.6. The maximum atomic E-state index is 14.7. The minimum atomic E-state index is -0.824.